The van der Waals surface area contributed by atoms with E-state index in [1.165, 1.54) is 5.57 Å². The molecule has 0 fully saturated rings. The molecule has 2 nitrogen and oxygen atoms in total. The maximum Gasteiger partial charge on any atom is 0.0852 e. The normalized spacial score (nSPS) is 16.7. The molecular formula is C16H36N2. The number of allylic oxidation sites excluding steroid dienone is 2. The van der Waals surface area contributed by atoms with Crippen LogP contribution in [0.5, 0.6) is 0 Å². The van der Waals surface area contributed by atoms with Crippen LogP contribution in [-0.4, -0.2) is 11.8 Å². The third kappa shape index (κ3) is 9.03. The smallest absolute Gasteiger partial charge is 0.0852 e. The second-order valence-electron chi connectivity index (χ2n) is 3.25. The standard InChI is InChI=1S/C10H16N2.3C2H6.H2/c1-5-9-10(12-7(2)3)8(4)6-11-9;3*1-2;/h5-7,11H,1-4H3;3*1-2H3;1H/b9-5+,12-10?;;;;. The van der Waals surface area contributed by atoms with Gasteiger partial charge in [-0.25, -0.2) is 0 Å². The van der Waals surface area contributed by atoms with Crippen LogP contribution in [0, 0.1) is 0 Å². The third-order valence-electron chi connectivity index (χ3n) is 1.75. The molecule has 0 aromatic carbocycles. The zero-order valence-corrected chi connectivity index (χ0v) is 14.2. The van der Waals surface area contributed by atoms with E-state index in [-0.39, 0.29) is 1.43 Å². The maximum atomic E-state index is 4.53. The summed E-state index contributed by atoms with van der Waals surface area (Å²) < 4.78 is 0. The molecular weight excluding hydrogens is 220 g/mol. The van der Waals surface area contributed by atoms with Crippen molar-refractivity contribution >= 4 is 5.71 Å². The highest BCUT2D eigenvalue weighted by Crippen LogP contribution is 2.13. The van der Waals surface area contributed by atoms with Crippen LogP contribution in [0.1, 0.15) is 70.7 Å². The number of hydrogen-bond donors (Lipinski definition) is 1. The fourth-order valence-corrected chi connectivity index (χ4v) is 1.18. The van der Waals surface area contributed by atoms with Crippen LogP contribution in [0.15, 0.2) is 28.5 Å². The molecule has 0 saturated carbocycles. The van der Waals surface area contributed by atoms with Crippen molar-refractivity contribution in [2.75, 3.05) is 0 Å². The van der Waals surface area contributed by atoms with Crippen LogP contribution in [0.2, 0.25) is 0 Å². The number of hydrogen-bond acceptors (Lipinski definition) is 2. The van der Waals surface area contributed by atoms with Crippen LogP contribution < -0.4 is 5.32 Å². The SMILES string of the molecule is C/C=C1/NC=C(C)C1=NC(C)C.CC.CC.CC.[HH]. The van der Waals surface area contributed by atoms with Gasteiger partial charge in [0, 0.05) is 13.7 Å². The van der Waals surface area contributed by atoms with Gasteiger partial charge in [0.05, 0.1) is 11.4 Å². The van der Waals surface area contributed by atoms with Crippen LogP contribution in [0.25, 0.3) is 0 Å². The Balaban J connectivity index is -0.000000142. The van der Waals surface area contributed by atoms with E-state index in [1.807, 2.05) is 60.7 Å². The molecule has 1 aliphatic heterocycles. The minimum absolute atomic E-state index is 0. The maximum absolute atomic E-state index is 4.53. The van der Waals surface area contributed by atoms with Crippen LogP contribution in [-0.2, 0) is 0 Å². The molecule has 1 aliphatic rings. The Morgan fingerprint density at radius 2 is 1.56 bits per heavy atom. The fourth-order valence-electron chi connectivity index (χ4n) is 1.18. The van der Waals surface area contributed by atoms with Gasteiger partial charge in [0.1, 0.15) is 0 Å². The average Bonchev–Trinajstić information content (AvgIpc) is 2.77. The summed E-state index contributed by atoms with van der Waals surface area (Å²) in [5.41, 5.74) is 3.45. The van der Waals surface area contributed by atoms with Gasteiger partial charge in [-0.15, -0.1) is 0 Å². The molecule has 0 spiro atoms. The Kier molecular flexibility index (Phi) is 19.6. The lowest BCUT2D eigenvalue weighted by Crippen LogP contribution is -2.09. The van der Waals surface area contributed by atoms with Crippen molar-refractivity contribution in [2.45, 2.75) is 75.3 Å². The summed E-state index contributed by atoms with van der Waals surface area (Å²) in [5, 5.41) is 3.18. The summed E-state index contributed by atoms with van der Waals surface area (Å²) in [7, 11) is 0. The number of rotatable bonds is 1. The Bertz CT molecular complexity index is 264. The molecule has 18 heavy (non-hydrogen) atoms. The molecule has 0 aliphatic carbocycles. The van der Waals surface area contributed by atoms with E-state index in [0.717, 1.165) is 11.4 Å². The van der Waals surface area contributed by atoms with Gasteiger partial charge >= 0.3 is 0 Å². The van der Waals surface area contributed by atoms with E-state index in [2.05, 4.69) is 31.1 Å². The molecule has 0 saturated heterocycles. The molecule has 0 bridgehead atoms. The van der Waals surface area contributed by atoms with Crippen molar-refractivity contribution in [3.8, 4) is 0 Å². The van der Waals surface area contributed by atoms with Gasteiger partial charge in [0.25, 0.3) is 0 Å². The largest absolute Gasteiger partial charge is 0.360 e. The van der Waals surface area contributed by atoms with E-state index in [9.17, 15) is 0 Å². The molecule has 1 rings (SSSR count). The minimum atomic E-state index is 0. The van der Waals surface area contributed by atoms with E-state index >= 15 is 0 Å². The van der Waals surface area contributed by atoms with E-state index in [0.29, 0.717) is 6.04 Å². The Morgan fingerprint density at radius 3 is 1.89 bits per heavy atom. The van der Waals surface area contributed by atoms with Crippen molar-refractivity contribution < 1.29 is 1.43 Å². The molecule has 0 radical (unpaired) electrons. The minimum Gasteiger partial charge on any atom is -0.360 e. The highest BCUT2D eigenvalue weighted by Gasteiger charge is 2.13. The first-order valence-electron chi connectivity index (χ1n) is 7.33. The fraction of sp³-hybridized carbons (Fsp3) is 0.688. The number of nitrogens with one attached hydrogen (secondary N) is 1. The summed E-state index contributed by atoms with van der Waals surface area (Å²) >= 11 is 0. The average molecular weight is 256 g/mol. The van der Waals surface area contributed by atoms with Gasteiger partial charge in [0.15, 0.2) is 0 Å². The van der Waals surface area contributed by atoms with Gasteiger partial charge in [-0.2, -0.15) is 0 Å². The van der Waals surface area contributed by atoms with E-state index < -0.39 is 0 Å². The summed E-state index contributed by atoms with van der Waals surface area (Å²) in [6.07, 6.45) is 4.05. The topological polar surface area (TPSA) is 24.4 Å². The number of aliphatic imine (C=N–C) groups is 1. The molecule has 110 valence electrons. The first-order chi connectivity index (χ1) is 8.65. The first kappa shape index (κ1) is 22.2. The lowest BCUT2D eigenvalue weighted by atomic mass is 10.2. The molecule has 1 heterocycles. The van der Waals surface area contributed by atoms with Gasteiger partial charge in [-0.3, -0.25) is 4.99 Å². The highest BCUT2D eigenvalue weighted by atomic mass is 14.9. The molecule has 0 aromatic heterocycles. The zero-order chi connectivity index (χ0) is 15.1. The van der Waals surface area contributed by atoms with E-state index in [4.69, 9.17) is 0 Å². The molecule has 0 atom stereocenters. The quantitative estimate of drug-likeness (QED) is 0.651. The second-order valence-corrected chi connectivity index (χ2v) is 3.25. The van der Waals surface area contributed by atoms with Crippen LogP contribution >= 0.6 is 0 Å². The predicted molar refractivity (Wildman–Crippen MR) is 89.4 cm³/mol. The molecule has 0 amide bonds. The Morgan fingerprint density at radius 1 is 1.11 bits per heavy atom. The Hall–Kier alpha value is -1.05. The zero-order valence-electron chi connectivity index (χ0n) is 14.2. The lowest BCUT2D eigenvalue weighted by molar-refractivity contribution is 0.835. The first-order valence-corrected chi connectivity index (χ1v) is 7.33. The van der Waals surface area contributed by atoms with E-state index in [1.54, 1.807) is 0 Å². The predicted octanol–water partition coefficient (Wildman–Crippen LogP) is 5.57. The van der Waals surface area contributed by atoms with Crippen molar-refractivity contribution in [1.29, 1.82) is 0 Å². The van der Waals surface area contributed by atoms with Gasteiger partial charge < -0.3 is 5.32 Å². The van der Waals surface area contributed by atoms with Crippen molar-refractivity contribution in [3.63, 3.8) is 0 Å². The van der Waals surface area contributed by atoms with Crippen molar-refractivity contribution in [3.05, 3.63) is 23.5 Å². The molecule has 0 aromatic rings. The molecule has 1 N–H and O–H groups in total. The summed E-state index contributed by atoms with van der Waals surface area (Å²) in [6.45, 7) is 20.3. The highest BCUT2D eigenvalue weighted by molar-refractivity contribution is 6.13. The lowest BCUT2D eigenvalue weighted by Gasteiger charge is -2.04. The number of nitrogens with zero attached hydrogens (tertiary/aromatic N) is 1. The second kappa shape index (κ2) is 16.0. The van der Waals surface area contributed by atoms with Crippen LogP contribution in [0.3, 0.4) is 0 Å². The van der Waals surface area contributed by atoms with Gasteiger partial charge in [-0.1, -0.05) is 47.6 Å². The van der Waals surface area contributed by atoms with Gasteiger partial charge in [0.2, 0.25) is 0 Å². The monoisotopic (exact) mass is 256 g/mol. The van der Waals surface area contributed by atoms with Gasteiger partial charge in [-0.05, 0) is 33.3 Å². The van der Waals surface area contributed by atoms with Crippen LogP contribution in [0.4, 0.5) is 0 Å². The molecule has 2 heteroatoms. The third-order valence-corrected chi connectivity index (χ3v) is 1.75. The summed E-state index contributed by atoms with van der Waals surface area (Å²) in [4.78, 5) is 4.53. The molecule has 0 unspecified atom stereocenters. The van der Waals surface area contributed by atoms with Crippen molar-refractivity contribution in [2.24, 2.45) is 4.99 Å². The summed E-state index contributed by atoms with van der Waals surface area (Å²) in [5.74, 6) is 0. The Labute approximate surface area is 117 Å². The summed E-state index contributed by atoms with van der Waals surface area (Å²) in [6, 6.07) is 0.359. The van der Waals surface area contributed by atoms with Crippen molar-refractivity contribution in [1.82, 2.24) is 5.32 Å².